The Balaban J connectivity index is 1.78. The van der Waals surface area contributed by atoms with Crippen LogP contribution < -0.4 is 14.8 Å². The smallest absolute Gasteiger partial charge is 0.248 e. The fourth-order valence-corrected chi connectivity index (χ4v) is 3.03. The molecular weight excluding hydrogens is 330 g/mol. The maximum atomic E-state index is 5.42. The lowest BCUT2D eigenvalue weighted by Crippen LogP contribution is -2.20. The van der Waals surface area contributed by atoms with Crippen molar-refractivity contribution < 1.29 is 9.47 Å². The molecule has 7 heteroatoms. The number of ether oxygens (including phenoxy) is 2. The molecule has 0 spiro atoms. The molecule has 1 aliphatic heterocycles. The highest BCUT2D eigenvalue weighted by molar-refractivity contribution is 5.78. The maximum Gasteiger partial charge on any atom is 0.248 e. The molecule has 7 nitrogen and oxygen atoms in total. The number of methoxy groups -OCH3 is 2. The van der Waals surface area contributed by atoms with Gasteiger partial charge in [-0.2, -0.15) is 4.68 Å². The zero-order valence-electron chi connectivity index (χ0n) is 14.8. The van der Waals surface area contributed by atoms with Gasteiger partial charge in [0.05, 0.1) is 14.2 Å². The maximum absolute atomic E-state index is 5.42. The molecule has 2 heterocycles. The Morgan fingerprint density at radius 1 is 1.00 bits per heavy atom. The lowest BCUT2D eigenvalue weighted by Gasteiger charge is -2.24. The minimum atomic E-state index is -0.0926. The molecule has 1 aromatic heterocycles. The number of fused-ring (bicyclic) bond motifs is 1. The first-order valence-corrected chi connectivity index (χ1v) is 8.25. The third-order valence-electron chi connectivity index (χ3n) is 4.44. The molecule has 1 atom stereocenters. The van der Waals surface area contributed by atoms with Gasteiger partial charge in [0.2, 0.25) is 5.95 Å². The first-order chi connectivity index (χ1) is 12.7. The number of nitrogens with one attached hydrogen (secondary N) is 1. The van der Waals surface area contributed by atoms with Gasteiger partial charge in [0.15, 0.2) is 11.5 Å². The van der Waals surface area contributed by atoms with E-state index in [-0.39, 0.29) is 6.04 Å². The van der Waals surface area contributed by atoms with Gasteiger partial charge in [-0.15, -0.1) is 0 Å². The molecule has 2 aromatic carbocycles. The van der Waals surface area contributed by atoms with Crippen LogP contribution in [0.2, 0.25) is 0 Å². The monoisotopic (exact) mass is 349 g/mol. The van der Waals surface area contributed by atoms with Crippen LogP contribution in [0.5, 0.6) is 11.5 Å². The molecule has 3 aromatic rings. The summed E-state index contributed by atoms with van der Waals surface area (Å²) in [4.78, 5) is 0. The van der Waals surface area contributed by atoms with Gasteiger partial charge in [-0.25, -0.2) is 0 Å². The molecule has 0 saturated heterocycles. The van der Waals surface area contributed by atoms with Gasteiger partial charge in [-0.05, 0) is 47.2 Å². The highest BCUT2D eigenvalue weighted by atomic mass is 16.5. The standard InChI is InChI=1S/C19H19N5O2/c1-12-4-6-13(7-5-12)16-11-15(20-19-21-22-23-24(16)19)14-8-9-17(25-2)18(10-14)26-3/h4-11,16H,1-3H3,(H,20,21,23)/t16-/m1/s1. The number of allylic oxidation sites excluding steroid dienone is 1. The third kappa shape index (κ3) is 2.77. The summed E-state index contributed by atoms with van der Waals surface area (Å²) < 4.78 is 12.5. The van der Waals surface area contributed by atoms with Crippen LogP contribution in [0.15, 0.2) is 48.5 Å². The summed E-state index contributed by atoms with van der Waals surface area (Å²) in [5.41, 5.74) is 4.21. The topological polar surface area (TPSA) is 74.1 Å². The number of aryl methyl sites for hydroxylation is 1. The lowest BCUT2D eigenvalue weighted by atomic mass is 10.0. The fourth-order valence-electron chi connectivity index (χ4n) is 3.03. The largest absolute Gasteiger partial charge is 0.493 e. The van der Waals surface area contributed by atoms with Gasteiger partial charge < -0.3 is 14.8 Å². The quantitative estimate of drug-likeness (QED) is 0.780. The van der Waals surface area contributed by atoms with Crippen molar-refractivity contribution in [3.05, 3.63) is 65.2 Å². The van der Waals surface area contributed by atoms with E-state index in [2.05, 4.69) is 58.1 Å². The normalized spacial score (nSPS) is 15.7. The third-order valence-corrected chi connectivity index (χ3v) is 4.44. The summed E-state index contributed by atoms with van der Waals surface area (Å²) in [7, 11) is 3.25. The second-order valence-electron chi connectivity index (χ2n) is 6.08. The van der Waals surface area contributed by atoms with Crippen molar-refractivity contribution in [2.75, 3.05) is 19.5 Å². The first kappa shape index (κ1) is 16.1. The van der Waals surface area contributed by atoms with Crippen molar-refractivity contribution in [2.24, 2.45) is 0 Å². The zero-order chi connectivity index (χ0) is 18.1. The van der Waals surface area contributed by atoms with E-state index < -0.39 is 0 Å². The van der Waals surface area contributed by atoms with Gasteiger partial charge in [0.25, 0.3) is 0 Å². The van der Waals surface area contributed by atoms with Crippen LogP contribution in [-0.2, 0) is 0 Å². The molecule has 0 unspecified atom stereocenters. The van der Waals surface area contributed by atoms with E-state index in [1.54, 1.807) is 18.9 Å². The van der Waals surface area contributed by atoms with E-state index in [1.807, 2.05) is 18.2 Å². The molecule has 0 fully saturated rings. The van der Waals surface area contributed by atoms with Crippen molar-refractivity contribution in [1.82, 2.24) is 20.2 Å². The predicted octanol–water partition coefficient (Wildman–Crippen LogP) is 3.05. The Morgan fingerprint density at radius 2 is 1.77 bits per heavy atom. The summed E-state index contributed by atoms with van der Waals surface area (Å²) in [5, 5.41) is 15.3. The fraction of sp³-hybridized carbons (Fsp3) is 0.211. The lowest BCUT2D eigenvalue weighted by molar-refractivity contribution is 0.355. The van der Waals surface area contributed by atoms with Gasteiger partial charge in [0, 0.05) is 11.3 Å². The van der Waals surface area contributed by atoms with E-state index >= 15 is 0 Å². The van der Waals surface area contributed by atoms with E-state index in [1.165, 1.54) is 5.56 Å². The predicted molar refractivity (Wildman–Crippen MR) is 98.3 cm³/mol. The minimum absolute atomic E-state index is 0.0926. The van der Waals surface area contributed by atoms with Crippen LogP contribution in [0.25, 0.3) is 5.70 Å². The molecule has 132 valence electrons. The second-order valence-corrected chi connectivity index (χ2v) is 6.08. The zero-order valence-corrected chi connectivity index (χ0v) is 14.8. The number of benzene rings is 2. The Kier molecular flexibility index (Phi) is 4.04. The number of tetrazole rings is 1. The van der Waals surface area contributed by atoms with Crippen molar-refractivity contribution in [1.29, 1.82) is 0 Å². The van der Waals surface area contributed by atoms with Crippen LogP contribution in [0, 0.1) is 6.92 Å². The van der Waals surface area contributed by atoms with Crippen molar-refractivity contribution in [3.8, 4) is 11.5 Å². The number of hydrogen-bond donors (Lipinski definition) is 1. The molecule has 4 rings (SSSR count). The molecule has 0 aliphatic carbocycles. The van der Waals surface area contributed by atoms with Crippen molar-refractivity contribution in [3.63, 3.8) is 0 Å². The minimum Gasteiger partial charge on any atom is -0.493 e. The van der Waals surface area contributed by atoms with Crippen LogP contribution in [0.3, 0.4) is 0 Å². The van der Waals surface area contributed by atoms with Gasteiger partial charge in [-0.3, -0.25) is 0 Å². The van der Waals surface area contributed by atoms with Gasteiger partial charge >= 0.3 is 0 Å². The number of hydrogen-bond acceptors (Lipinski definition) is 6. The van der Waals surface area contributed by atoms with Crippen LogP contribution in [0.4, 0.5) is 5.95 Å². The Hall–Kier alpha value is -3.35. The second kappa shape index (κ2) is 6.51. The van der Waals surface area contributed by atoms with Crippen LogP contribution in [-0.4, -0.2) is 34.4 Å². The van der Waals surface area contributed by atoms with Gasteiger partial charge in [0.1, 0.15) is 6.04 Å². The van der Waals surface area contributed by atoms with E-state index in [4.69, 9.17) is 9.47 Å². The van der Waals surface area contributed by atoms with Crippen molar-refractivity contribution >= 4 is 11.6 Å². The molecular formula is C19H19N5O2. The number of aromatic nitrogens is 4. The highest BCUT2D eigenvalue weighted by Crippen LogP contribution is 2.35. The SMILES string of the molecule is COc1ccc(C2=C[C@H](c3ccc(C)cc3)n3nnnc3N2)cc1OC. The summed E-state index contributed by atoms with van der Waals surface area (Å²) >= 11 is 0. The average molecular weight is 349 g/mol. The highest BCUT2D eigenvalue weighted by Gasteiger charge is 2.24. The molecule has 0 amide bonds. The number of rotatable bonds is 4. The summed E-state index contributed by atoms with van der Waals surface area (Å²) in [6.45, 7) is 2.07. The molecule has 1 aliphatic rings. The average Bonchev–Trinajstić information content (AvgIpc) is 3.16. The Labute approximate surface area is 151 Å². The van der Waals surface area contributed by atoms with Crippen LogP contribution in [0.1, 0.15) is 22.7 Å². The summed E-state index contributed by atoms with van der Waals surface area (Å²) in [6, 6.07) is 14.1. The van der Waals surface area contributed by atoms with Crippen LogP contribution >= 0.6 is 0 Å². The molecule has 0 radical (unpaired) electrons. The molecule has 0 bridgehead atoms. The van der Waals surface area contributed by atoms with Gasteiger partial charge in [-0.1, -0.05) is 34.9 Å². The number of anilines is 1. The summed E-state index contributed by atoms with van der Waals surface area (Å²) in [6.07, 6.45) is 2.11. The molecule has 26 heavy (non-hydrogen) atoms. The Bertz CT molecular complexity index is 962. The van der Waals surface area contributed by atoms with Crippen molar-refractivity contribution in [2.45, 2.75) is 13.0 Å². The van der Waals surface area contributed by atoms with E-state index in [0.29, 0.717) is 17.4 Å². The van der Waals surface area contributed by atoms with E-state index in [0.717, 1.165) is 16.8 Å². The summed E-state index contributed by atoms with van der Waals surface area (Å²) in [5.74, 6) is 1.96. The molecule has 0 saturated carbocycles. The van der Waals surface area contributed by atoms with E-state index in [9.17, 15) is 0 Å². The first-order valence-electron chi connectivity index (χ1n) is 8.25. The Morgan fingerprint density at radius 3 is 2.50 bits per heavy atom. The molecule has 1 N–H and O–H groups in total. The number of nitrogens with zero attached hydrogens (tertiary/aromatic N) is 4.